The van der Waals surface area contributed by atoms with Crippen LogP contribution >= 0.6 is 23.1 Å². The number of thiophene rings is 1. The Hall–Kier alpha value is -4.76. The lowest BCUT2D eigenvalue weighted by Crippen LogP contribution is -2.25. The lowest BCUT2D eigenvalue weighted by Gasteiger charge is -2.14. The highest BCUT2D eigenvalue weighted by atomic mass is 32.2. The van der Waals surface area contributed by atoms with Crippen molar-refractivity contribution in [2.75, 3.05) is 31.4 Å². The van der Waals surface area contributed by atoms with Gasteiger partial charge in [-0.05, 0) is 50.6 Å². The topological polar surface area (TPSA) is 151 Å². The number of benzene rings is 2. The second-order valence-corrected chi connectivity index (χ2v) is 11.1. The number of halogens is 1. The Balaban J connectivity index is 1.58. The predicted molar refractivity (Wildman–Crippen MR) is 166 cm³/mol. The smallest absolute Gasteiger partial charge is 0.348 e. The number of esters is 2. The molecule has 236 valence electrons. The molecule has 0 aliphatic carbocycles. The number of carbonyl (C=O) groups excluding carboxylic acids is 4. The number of para-hydroxylation sites is 2. The minimum Gasteiger partial charge on any atom is -0.495 e. The van der Waals surface area contributed by atoms with Gasteiger partial charge in [0.2, 0.25) is 5.91 Å². The number of hydrogen-bond acceptors (Lipinski definition) is 11. The molecule has 2 amide bonds. The fourth-order valence-corrected chi connectivity index (χ4v) is 6.07. The molecule has 0 aliphatic rings. The molecule has 4 aromatic rings. The zero-order chi connectivity index (χ0) is 32.5. The number of anilines is 1. The van der Waals surface area contributed by atoms with Crippen LogP contribution in [0.2, 0.25) is 0 Å². The van der Waals surface area contributed by atoms with Crippen molar-refractivity contribution in [1.29, 1.82) is 0 Å². The van der Waals surface area contributed by atoms with E-state index in [1.807, 2.05) is 0 Å². The Kier molecular flexibility index (Phi) is 11.3. The molecule has 0 radical (unpaired) electrons. The molecular weight excluding hydrogens is 625 g/mol. The molecule has 0 aliphatic heterocycles. The third kappa shape index (κ3) is 7.67. The van der Waals surface area contributed by atoms with Crippen LogP contribution in [-0.2, 0) is 20.8 Å². The molecule has 0 saturated carbocycles. The molecule has 4 rings (SSSR count). The average molecular weight is 656 g/mol. The summed E-state index contributed by atoms with van der Waals surface area (Å²) in [4.78, 5) is 51.2. The van der Waals surface area contributed by atoms with Crippen molar-refractivity contribution in [3.8, 4) is 11.4 Å². The molecule has 15 heteroatoms. The van der Waals surface area contributed by atoms with Gasteiger partial charge in [-0.1, -0.05) is 36.0 Å². The molecule has 0 fully saturated rings. The lowest BCUT2D eigenvalue weighted by atomic mass is 10.1. The summed E-state index contributed by atoms with van der Waals surface area (Å²) in [5, 5.41) is 14.3. The Morgan fingerprint density at radius 1 is 0.978 bits per heavy atom. The van der Waals surface area contributed by atoms with Gasteiger partial charge in [-0.25, -0.2) is 14.0 Å². The van der Waals surface area contributed by atoms with Crippen LogP contribution in [0.15, 0.2) is 53.7 Å². The van der Waals surface area contributed by atoms with Crippen LogP contribution in [0.5, 0.6) is 5.75 Å². The van der Waals surface area contributed by atoms with Crippen LogP contribution in [-0.4, -0.2) is 64.6 Å². The Morgan fingerprint density at radius 3 is 2.38 bits per heavy atom. The molecule has 0 atom stereocenters. The van der Waals surface area contributed by atoms with E-state index < -0.39 is 29.6 Å². The fraction of sp³-hybridized carbons (Fsp3) is 0.267. The van der Waals surface area contributed by atoms with E-state index in [-0.39, 0.29) is 46.5 Å². The first-order valence-corrected chi connectivity index (χ1v) is 15.5. The average Bonchev–Trinajstić information content (AvgIpc) is 3.59. The van der Waals surface area contributed by atoms with Crippen LogP contribution in [0.25, 0.3) is 5.69 Å². The highest BCUT2D eigenvalue weighted by Gasteiger charge is 2.28. The van der Waals surface area contributed by atoms with E-state index in [4.69, 9.17) is 14.2 Å². The van der Waals surface area contributed by atoms with Crippen molar-refractivity contribution in [3.05, 3.63) is 81.7 Å². The number of thioether (sulfide) groups is 1. The molecule has 2 heterocycles. The summed E-state index contributed by atoms with van der Waals surface area (Å²) >= 11 is 1.96. The van der Waals surface area contributed by atoms with Gasteiger partial charge in [0.15, 0.2) is 11.0 Å². The van der Waals surface area contributed by atoms with Gasteiger partial charge in [0, 0.05) is 0 Å². The van der Waals surface area contributed by atoms with Gasteiger partial charge in [0.1, 0.15) is 21.4 Å². The highest BCUT2D eigenvalue weighted by Crippen LogP contribution is 2.35. The maximum absolute atomic E-state index is 14.2. The van der Waals surface area contributed by atoms with Crippen molar-refractivity contribution in [1.82, 2.24) is 20.1 Å². The summed E-state index contributed by atoms with van der Waals surface area (Å²) in [5.74, 6) is -2.47. The van der Waals surface area contributed by atoms with Gasteiger partial charge >= 0.3 is 11.9 Å². The number of nitrogens with one attached hydrogen (secondary N) is 2. The third-order valence-electron chi connectivity index (χ3n) is 6.22. The van der Waals surface area contributed by atoms with E-state index in [2.05, 4.69) is 20.8 Å². The van der Waals surface area contributed by atoms with Crippen LogP contribution in [0, 0.1) is 12.7 Å². The van der Waals surface area contributed by atoms with Crippen molar-refractivity contribution >= 4 is 51.9 Å². The molecule has 0 spiro atoms. The first kappa shape index (κ1) is 33.1. The van der Waals surface area contributed by atoms with E-state index in [0.29, 0.717) is 28.0 Å². The molecule has 0 saturated heterocycles. The molecule has 0 bridgehead atoms. The van der Waals surface area contributed by atoms with E-state index in [1.165, 1.54) is 25.3 Å². The normalized spacial score (nSPS) is 10.7. The van der Waals surface area contributed by atoms with E-state index in [1.54, 1.807) is 55.7 Å². The van der Waals surface area contributed by atoms with Gasteiger partial charge < -0.3 is 24.8 Å². The molecule has 12 nitrogen and oxygen atoms in total. The summed E-state index contributed by atoms with van der Waals surface area (Å²) in [6, 6.07) is 12.6. The molecule has 2 aromatic heterocycles. The van der Waals surface area contributed by atoms with Crippen molar-refractivity contribution < 1.29 is 37.8 Å². The van der Waals surface area contributed by atoms with Crippen LogP contribution in [0.3, 0.4) is 0 Å². The first-order valence-electron chi connectivity index (χ1n) is 13.7. The summed E-state index contributed by atoms with van der Waals surface area (Å²) in [6.45, 7) is 5.04. The van der Waals surface area contributed by atoms with Crippen molar-refractivity contribution in [2.45, 2.75) is 32.5 Å². The number of carbonyl (C=O) groups is 4. The fourth-order valence-electron chi connectivity index (χ4n) is 4.20. The molecule has 45 heavy (non-hydrogen) atoms. The minimum atomic E-state index is -0.678. The maximum atomic E-state index is 14.2. The number of rotatable bonds is 13. The summed E-state index contributed by atoms with van der Waals surface area (Å²) in [5.41, 5.74) is 0.844. The highest BCUT2D eigenvalue weighted by molar-refractivity contribution is 7.99. The second kappa shape index (κ2) is 15.3. The van der Waals surface area contributed by atoms with Gasteiger partial charge in [-0.15, -0.1) is 21.5 Å². The number of aromatic nitrogens is 3. The van der Waals surface area contributed by atoms with Gasteiger partial charge in [-0.2, -0.15) is 0 Å². The zero-order valence-corrected chi connectivity index (χ0v) is 26.5. The molecule has 0 unspecified atom stereocenters. The van der Waals surface area contributed by atoms with E-state index in [9.17, 15) is 23.6 Å². The second-order valence-electron chi connectivity index (χ2n) is 9.11. The SMILES string of the molecule is CCOC(=O)c1sc(NC(=O)CSc2nnc(CNC(=O)c3ccccc3F)n2-c2ccccc2OC)c(C(=O)OCC)c1C. The van der Waals surface area contributed by atoms with Crippen LogP contribution in [0.4, 0.5) is 9.39 Å². The Bertz CT molecular complexity index is 1720. The Labute approximate surface area is 266 Å². The third-order valence-corrected chi connectivity index (χ3v) is 8.34. The first-order chi connectivity index (χ1) is 21.7. The number of ether oxygens (including phenoxy) is 3. The van der Waals surface area contributed by atoms with Crippen LogP contribution in [0.1, 0.15) is 55.6 Å². The largest absolute Gasteiger partial charge is 0.495 e. The van der Waals surface area contributed by atoms with Gasteiger partial charge in [0.05, 0.1) is 49.4 Å². The number of hydrogen-bond donors (Lipinski definition) is 2. The standard InChI is InChI=1S/C30H30FN5O7S2/c1-5-42-28(39)24-17(3)25(29(40)43-6-2)45-27(24)33-23(37)16-44-30-35-34-22(36(30)20-13-9-10-14-21(20)41-4)15-32-26(38)18-11-7-8-12-19(18)31/h7-14H,5-6,15-16H2,1-4H3,(H,32,38)(H,33,37). The van der Waals surface area contributed by atoms with Gasteiger partial charge in [-0.3, -0.25) is 14.2 Å². The number of amides is 2. The quantitative estimate of drug-likeness (QED) is 0.152. The van der Waals surface area contributed by atoms with Crippen molar-refractivity contribution in [3.63, 3.8) is 0 Å². The van der Waals surface area contributed by atoms with Crippen LogP contribution < -0.4 is 15.4 Å². The number of methoxy groups -OCH3 is 1. The van der Waals surface area contributed by atoms with E-state index >= 15 is 0 Å². The minimum absolute atomic E-state index is 0.0772. The maximum Gasteiger partial charge on any atom is 0.348 e. The summed E-state index contributed by atoms with van der Waals surface area (Å²) in [6.07, 6.45) is 0. The monoisotopic (exact) mass is 655 g/mol. The molecule has 2 aromatic carbocycles. The summed E-state index contributed by atoms with van der Waals surface area (Å²) < 4.78 is 31.5. The van der Waals surface area contributed by atoms with E-state index in [0.717, 1.165) is 23.1 Å². The Morgan fingerprint density at radius 2 is 1.67 bits per heavy atom. The number of nitrogens with zero attached hydrogens (tertiary/aromatic N) is 3. The molecular formula is C30H30FN5O7S2. The predicted octanol–water partition coefficient (Wildman–Crippen LogP) is 4.80. The lowest BCUT2D eigenvalue weighted by molar-refractivity contribution is -0.113. The molecule has 2 N–H and O–H groups in total. The summed E-state index contributed by atoms with van der Waals surface area (Å²) in [7, 11) is 1.50. The zero-order valence-electron chi connectivity index (χ0n) is 24.8. The van der Waals surface area contributed by atoms with Gasteiger partial charge in [0.25, 0.3) is 5.91 Å². The van der Waals surface area contributed by atoms with Crippen molar-refractivity contribution in [2.24, 2.45) is 0 Å².